The minimum Gasteiger partial charge on any atom is -0.354 e. The van der Waals surface area contributed by atoms with Gasteiger partial charge in [0.2, 0.25) is 0 Å². The van der Waals surface area contributed by atoms with Gasteiger partial charge >= 0.3 is 0 Å². The van der Waals surface area contributed by atoms with Crippen molar-refractivity contribution in [2.24, 2.45) is 0 Å². The lowest BCUT2D eigenvalue weighted by Gasteiger charge is -2.22. The van der Waals surface area contributed by atoms with E-state index in [9.17, 15) is 9.59 Å². The summed E-state index contributed by atoms with van der Waals surface area (Å²) in [7, 11) is 1.80. The van der Waals surface area contributed by atoms with E-state index in [1.165, 1.54) is 0 Å². The summed E-state index contributed by atoms with van der Waals surface area (Å²) in [6.07, 6.45) is 0. The third-order valence-electron chi connectivity index (χ3n) is 2.18. The molecule has 1 aromatic rings. The lowest BCUT2D eigenvalue weighted by atomic mass is 10.3. The quantitative estimate of drug-likeness (QED) is 0.822. The van der Waals surface area contributed by atoms with Crippen LogP contribution in [0.25, 0.3) is 0 Å². The predicted octanol–water partition coefficient (Wildman–Crippen LogP) is 1.43. The molecule has 1 atom stereocenters. The van der Waals surface area contributed by atoms with Gasteiger partial charge < -0.3 is 4.90 Å². The Balaban J connectivity index is 2.18. The number of para-hydroxylation sites is 1. The zero-order valence-corrected chi connectivity index (χ0v) is 8.95. The molecular formula is C10H10N2O2S. The van der Waals surface area contributed by atoms with Crippen molar-refractivity contribution in [3.63, 3.8) is 0 Å². The normalized spacial score (nSPS) is 20.2. The van der Waals surface area contributed by atoms with Crippen molar-refractivity contribution in [2.75, 3.05) is 11.9 Å². The maximum Gasteiger partial charge on any atom is 0.288 e. The fourth-order valence-corrected chi connectivity index (χ4v) is 2.21. The minimum atomic E-state index is -0.458. The minimum absolute atomic E-state index is 0.253. The van der Waals surface area contributed by atoms with Crippen LogP contribution in [0.5, 0.6) is 0 Å². The van der Waals surface area contributed by atoms with Crippen LogP contribution in [-0.4, -0.2) is 23.6 Å². The number of likely N-dealkylation sites (N-methyl/N-ethyl adjacent to an activating group) is 1. The Morgan fingerprint density at radius 2 is 1.93 bits per heavy atom. The SMILES string of the molecule is CN(c1ccccc1)[C@H]1SC(=O)NC1=O. The van der Waals surface area contributed by atoms with Crippen molar-refractivity contribution < 1.29 is 9.59 Å². The van der Waals surface area contributed by atoms with Crippen LogP contribution < -0.4 is 10.2 Å². The molecule has 0 bridgehead atoms. The lowest BCUT2D eigenvalue weighted by molar-refractivity contribution is -0.118. The van der Waals surface area contributed by atoms with Crippen LogP contribution in [0.1, 0.15) is 0 Å². The molecule has 1 fully saturated rings. The van der Waals surface area contributed by atoms with Gasteiger partial charge in [-0.1, -0.05) is 18.2 Å². The number of rotatable bonds is 2. The highest BCUT2D eigenvalue weighted by atomic mass is 32.2. The van der Waals surface area contributed by atoms with Gasteiger partial charge in [0.25, 0.3) is 11.1 Å². The second kappa shape index (κ2) is 3.94. The van der Waals surface area contributed by atoms with Crippen LogP contribution >= 0.6 is 11.8 Å². The zero-order chi connectivity index (χ0) is 10.8. The average Bonchev–Trinajstić information content (AvgIpc) is 2.58. The number of nitrogens with one attached hydrogen (secondary N) is 1. The molecule has 0 radical (unpaired) electrons. The van der Waals surface area contributed by atoms with Crippen LogP contribution in [0.3, 0.4) is 0 Å². The number of amides is 2. The molecule has 0 aromatic heterocycles. The van der Waals surface area contributed by atoms with E-state index in [-0.39, 0.29) is 11.1 Å². The summed E-state index contributed by atoms with van der Waals surface area (Å²) >= 11 is 1.00. The molecule has 1 N–H and O–H groups in total. The highest BCUT2D eigenvalue weighted by Gasteiger charge is 2.34. The molecule has 1 heterocycles. The van der Waals surface area contributed by atoms with Gasteiger partial charge in [0.05, 0.1) is 0 Å². The van der Waals surface area contributed by atoms with Gasteiger partial charge in [0.1, 0.15) is 0 Å². The topological polar surface area (TPSA) is 49.4 Å². The number of benzene rings is 1. The fraction of sp³-hybridized carbons (Fsp3) is 0.200. The Morgan fingerprint density at radius 3 is 2.47 bits per heavy atom. The summed E-state index contributed by atoms with van der Waals surface area (Å²) in [4.78, 5) is 24.2. The Labute approximate surface area is 91.6 Å². The molecule has 1 aromatic carbocycles. The number of thioether (sulfide) groups is 1. The molecule has 2 rings (SSSR count). The summed E-state index contributed by atoms with van der Waals surface area (Å²) in [5, 5.41) is 1.52. The Kier molecular flexibility index (Phi) is 2.64. The zero-order valence-electron chi connectivity index (χ0n) is 8.14. The number of hydrogen-bond donors (Lipinski definition) is 1. The molecule has 4 nitrogen and oxygen atoms in total. The molecule has 1 aliphatic heterocycles. The van der Waals surface area contributed by atoms with Crippen LogP contribution in [0.4, 0.5) is 10.5 Å². The summed E-state index contributed by atoms with van der Waals surface area (Å²) < 4.78 is 0. The standard InChI is InChI=1S/C10H10N2O2S/c1-12(7-5-3-2-4-6-7)9-8(13)11-10(14)15-9/h2-6,9H,1H3,(H,11,13,14)/t9-/m0/s1. The van der Waals surface area contributed by atoms with Crippen molar-refractivity contribution in [3.8, 4) is 0 Å². The molecule has 2 amide bonds. The average molecular weight is 222 g/mol. The number of hydrogen-bond acceptors (Lipinski definition) is 4. The van der Waals surface area contributed by atoms with Gasteiger partial charge in [-0.05, 0) is 23.9 Å². The molecule has 78 valence electrons. The van der Waals surface area contributed by atoms with E-state index in [1.807, 2.05) is 30.3 Å². The molecule has 1 saturated heterocycles. The van der Waals surface area contributed by atoms with Gasteiger partial charge in [0.15, 0.2) is 5.37 Å². The predicted molar refractivity (Wildman–Crippen MR) is 59.8 cm³/mol. The van der Waals surface area contributed by atoms with E-state index in [0.717, 1.165) is 17.4 Å². The molecule has 15 heavy (non-hydrogen) atoms. The summed E-state index contributed by atoms with van der Waals surface area (Å²) in [5.41, 5.74) is 0.917. The van der Waals surface area contributed by atoms with Crippen molar-refractivity contribution in [3.05, 3.63) is 30.3 Å². The number of nitrogens with zero attached hydrogens (tertiary/aromatic N) is 1. The maximum atomic E-state index is 11.4. The molecule has 0 saturated carbocycles. The van der Waals surface area contributed by atoms with E-state index in [1.54, 1.807) is 11.9 Å². The van der Waals surface area contributed by atoms with Crippen molar-refractivity contribution in [2.45, 2.75) is 5.37 Å². The summed E-state index contributed by atoms with van der Waals surface area (Å²) in [6, 6.07) is 9.49. The van der Waals surface area contributed by atoms with E-state index in [0.29, 0.717) is 0 Å². The number of anilines is 1. The number of carbonyl (C=O) groups is 2. The van der Waals surface area contributed by atoms with E-state index in [4.69, 9.17) is 0 Å². The Hall–Kier alpha value is -1.49. The van der Waals surface area contributed by atoms with E-state index < -0.39 is 5.37 Å². The molecule has 0 unspecified atom stereocenters. The van der Waals surface area contributed by atoms with Gasteiger partial charge in [-0.25, -0.2) is 0 Å². The van der Waals surface area contributed by atoms with Crippen molar-refractivity contribution in [1.29, 1.82) is 0 Å². The largest absolute Gasteiger partial charge is 0.354 e. The van der Waals surface area contributed by atoms with Crippen LogP contribution in [0.15, 0.2) is 30.3 Å². The van der Waals surface area contributed by atoms with Crippen LogP contribution in [0.2, 0.25) is 0 Å². The lowest BCUT2D eigenvalue weighted by Crippen LogP contribution is -2.36. The van der Waals surface area contributed by atoms with E-state index >= 15 is 0 Å². The Bertz CT molecular complexity index is 394. The molecule has 0 aliphatic carbocycles. The number of imide groups is 1. The Morgan fingerprint density at radius 1 is 1.27 bits per heavy atom. The highest BCUT2D eigenvalue weighted by molar-refractivity contribution is 8.15. The first-order chi connectivity index (χ1) is 7.18. The smallest absolute Gasteiger partial charge is 0.288 e. The summed E-state index contributed by atoms with van der Waals surface area (Å²) in [5.74, 6) is -0.253. The van der Waals surface area contributed by atoms with Crippen LogP contribution in [0, 0.1) is 0 Å². The first-order valence-corrected chi connectivity index (χ1v) is 5.36. The second-order valence-electron chi connectivity index (χ2n) is 3.19. The van der Waals surface area contributed by atoms with Crippen LogP contribution in [-0.2, 0) is 4.79 Å². The molecule has 0 spiro atoms. The van der Waals surface area contributed by atoms with Gasteiger partial charge in [-0.3, -0.25) is 14.9 Å². The van der Waals surface area contributed by atoms with Gasteiger partial charge in [-0.15, -0.1) is 0 Å². The molecule has 5 heteroatoms. The second-order valence-corrected chi connectivity index (χ2v) is 4.25. The van der Waals surface area contributed by atoms with Crippen molar-refractivity contribution in [1.82, 2.24) is 5.32 Å². The number of carbonyl (C=O) groups excluding carboxylic acids is 2. The van der Waals surface area contributed by atoms with Crippen molar-refractivity contribution >= 4 is 28.6 Å². The molecule has 1 aliphatic rings. The fourth-order valence-electron chi connectivity index (χ4n) is 1.40. The van der Waals surface area contributed by atoms with Gasteiger partial charge in [-0.2, -0.15) is 0 Å². The first-order valence-electron chi connectivity index (χ1n) is 4.48. The highest BCUT2D eigenvalue weighted by Crippen LogP contribution is 2.25. The third kappa shape index (κ3) is 1.97. The summed E-state index contributed by atoms with van der Waals surface area (Å²) in [6.45, 7) is 0. The monoisotopic (exact) mass is 222 g/mol. The first kappa shape index (κ1) is 10.0. The molecular weight excluding hydrogens is 212 g/mol. The van der Waals surface area contributed by atoms with Gasteiger partial charge in [0, 0.05) is 12.7 Å². The maximum absolute atomic E-state index is 11.4. The van der Waals surface area contributed by atoms with E-state index in [2.05, 4.69) is 5.32 Å². The third-order valence-corrected chi connectivity index (χ3v) is 3.25.